The van der Waals surface area contributed by atoms with E-state index in [1.807, 2.05) is 49.4 Å². The van der Waals surface area contributed by atoms with Crippen LogP contribution in [0.1, 0.15) is 29.9 Å². The van der Waals surface area contributed by atoms with E-state index in [-0.39, 0.29) is 17.1 Å². The Morgan fingerprint density at radius 2 is 1.90 bits per heavy atom. The van der Waals surface area contributed by atoms with Gasteiger partial charge in [0.05, 0.1) is 18.2 Å². The van der Waals surface area contributed by atoms with E-state index in [0.29, 0.717) is 15.6 Å². The van der Waals surface area contributed by atoms with Crippen LogP contribution < -0.4 is 20.1 Å². The number of methoxy groups -OCH3 is 1. The molecule has 0 aliphatic rings. The zero-order valence-electron chi connectivity index (χ0n) is 16.2. The molecule has 0 bridgehead atoms. The van der Waals surface area contributed by atoms with Crippen LogP contribution in [0.3, 0.4) is 0 Å². The highest BCUT2D eigenvalue weighted by Gasteiger charge is 2.18. The first kappa shape index (κ1) is 21.4. The van der Waals surface area contributed by atoms with Gasteiger partial charge in [-0.15, -0.1) is 11.3 Å². The minimum atomic E-state index is -0.357. The van der Waals surface area contributed by atoms with E-state index in [0.717, 1.165) is 27.9 Å². The number of fused-ring (bicyclic) bond motifs is 1. The number of carbonyl (C=O) groups is 1. The van der Waals surface area contributed by atoms with E-state index in [4.69, 9.17) is 33.3 Å². The molecule has 3 aromatic rings. The van der Waals surface area contributed by atoms with Gasteiger partial charge in [-0.25, -0.2) is 0 Å². The second-order valence-corrected chi connectivity index (χ2v) is 8.22. The van der Waals surface area contributed by atoms with Crippen LogP contribution in [0.5, 0.6) is 11.5 Å². The summed E-state index contributed by atoms with van der Waals surface area (Å²) in [6.07, 6.45) is 1.09. The molecule has 8 heteroatoms. The first-order valence-electron chi connectivity index (χ1n) is 9.06. The van der Waals surface area contributed by atoms with Gasteiger partial charge in [-0.2, -0.15) is 0 Å². The minimum Gasteiger partial charge on any atom is -0.497 e. The topological polar surface area (TPSA) is 59.6 Å². The summed E-state index contributed by atoms with van der Waals surface area (Å²) >= 11 is 12.9. The Morgan fingerprint density at radius 1 is 1.21 bits per heavy atom. The molecule has 1 atom stereocenters. The highest BCUT2D eigenvalue weighted by atomic mass is 35.5. The van der Waals surface area contributed by atoms with Crippen molar-refractivity contribution in [2.45, 2.75) is 26.4 Å². The van der Waals surface area contributed by atoms with Crippen LogP contribution in [-0.4, -0.2) is 24.2 Å². The van der Waals surface area contributed by atoms with E-state index >= 15 is 0 Å². The van der Waals surface area contributed by atoms with Crippen LogP contribution in [0.15, 0.2) is 42.5 Å². The SMILES string of the molecule is CCC(C)Oc1ccc(NC(=S)NC(=O)c2sc3cc(OC)ccc3c2Cl)cc1. The van der Waals surface area contributed by atoms with Crippen LogP contribution in [0, 0.1) is 0 Å². The summed E-state index contributed by atoms with van der Waals surface area (Å²) in [7, 11) is 1.59. The van der Waals surface area contributed by atoms with Gasteiger partial charge in [-0.05, 0) is 68.0 Å². The molecule has 2 aromatic carbocycles. The lowest BCUT2D eigenvalue weighted by molar-refractivity contribution is 0.0982. The number of thiocarbonyl (C=S) groups is 1. The van der Waals surface area contributed by atoms with Gasteiger partial charge < -0.3 is 14.8 Å². The van der Waals surface area contributed by atoms with Gasteiger partial charge in [-0.3, -0.25) is 10.1 Å². The molecule has 2 N–H and O–H groups in total. The van der Waals surface area contributed by atoms with Crippen LogP contribution in [-0.2, 0) is 0 Å². The molecule has 0 radical (unpaired) electrons. The van der Waals surface area contributed by atoms with Crippen LogP contribution in [0.25, 0.3) is 10.1 Å². The average Bonchev–Trinajstić information content (AvgIpc) is 3.05. The molecular weight excluding hydrogens is 428 g/mol. The van der Waals surface area contributed by atoms with Crippen molar-refractivity contribution >= 4 is 61.9 Å². The van der Waals surface area contributed by atoms with Crippen molar-refractivity contribution in [3.8, 4) is 11.5 Å². The quantitative estimate of drug-likeness (QED) is 0.462. The Bertz CT molecular complexity index is 1030. The van der Waals surface area contributed by atoms with Crippen LogP contribution >= 0.6 is 35.2 Å². The molecular formula is C21H21ClN2O3S2. The second-order valence-electron chi connectivity index (χ2n) is 6.38. The number of halogens is 1. The van der Waals surface area contributed by atoms with Crippen LogP contribution in [0.2, 0.25) is 5.02 Å². The zero-order valence-corrected chi connectivity index (χ0v) is 18.6. The number of rotatable bonds is 6. The van der Waals surface area contributed by atoms with Gasteiger partial charge in [0, 0.05) is 15.8 Å². The van der Waals surface area contributed by atoms with Gasteiger partial charge in [0.2, 0.25) is 0 Å². The van der Waals surface area contributed by atoms with Gasteiger partial charge in [-0.1, -0.05) is 18.5 Å². The molecule has 5 nitrogen and oxygen atoms in total. The largest absolute Gasteiger partial charge is 0.497 e. The monoisotopic (exact) mass is 448 g/mol. The normalized spacial score (nSPS) is 11.7. The van der Waals surface area contributed by atoms with E-state index in [9.17, 15) is 4.79 Å². The Balaban J connectivity index is 1.65. The van der Waals surface area contributed by atoms with E-state index in [1.165, 1.54) is 11.3 Å². The molecule has 29 heavy (non-hydrogen) atoms. The first-order chi connectivity index (χ1) is 13.9. The molecule has 0 fully saturated rings. The van der Waals surface area contributed by atoms with Gasteiger partial charge in [0.1, 0.15) is 16.4 Å². The fraction of sp³-hybridized carbons (Fsp3) is 0.238. The third-order valence-corrected chi connectivity index (χ3v) is 6.15. The molecule has 0 saturated heterocycles. The fourth-order valence-corrected chi connectivity index (χ4v) is 4.22. The summed E-state index contributed by atoms with van der Waals surface area (Å²) in [4.78, 5) is 13.0. The summed E-state index contributed by atoms with van der Waals surface area (Å²) in [6, 6.07) is 12.9. The molecule has 152 valence electrons. The molecule has 1 amide bonds. The standard InChI is InChI=1S/C21H21ClN2O3S2/c1-4-12(2)27-14-7-5-13(6-8-14)23-21(28)24-20(25)19-18(22)16-10-9-15(26-3)11-17(16)29-19/h5-12H,4H2,1-3H3,(H2,23,24,25,28). The molecule has 1 aromatic heterocycles. The Hall–Kier alpha value is -2.35. The molecule has 0 aliphatic heterocycles. The molecule has 3 rings (SSSR count). The highest BCUT2D eigenvalue weighted by molar-refractivity contribution is 7.80. The van der Waals surface area contributed by atoms with Crippen molar-refractivity contribution < 1.29 is 14.3 Å². The molecule has 0 aliphatic carbocycles. The van der Waals surface area contributed by atoms with Crippen molar-refractivity contribution in [3.63, 3.8) is 0 Å². The maximum atomic E-state index is 12.6. The number of hydrogen-bond acceptors (Lipinski definition) is 5. The lowest BCUT2D eigenvalue weighted by Gasteiger charge is -2.13. The van der Waals surface area contributed by atoms with Crippen molar-refractivity contribution in [2.24, 2.45) is 0 Å². The number of thiophene rings is 1. The Kier molecular flexibility index (Phi) is 6.95. The summed E-state index contributed by atoms with van der Waals surface area (Å²) in [5, 5.41) is 7.07. The maximum Gasteiger partial charge on any atom is 0.269 e. The van der Waals surface area contributed by atoms with Gasteiger partial charge in [0.25, 0.3) is 5.91 Å². The second kappa shape index (κ2) is 9.43. The number of benzene rings is 2. The van der Waals surface area contributed by atoms with E-state index in [2.05, 4.69) is 17.6 Å². The summed E-state index contributed by atoms with van der Waals surface area (Å²) in [5.41, 5.74) is 0.749. The lowest BCUT2D eigenvalue weighted by Crippen LogP contribution is -2.33. The molecule has 0 saturated carbocycles. The summed E-state index contributed by atoms with van der Waals surface area (Å²) in [6.45, 7) is 4.09. The molecule has 1 heterocycles. The summed E-state index contributed by atoms with van der Waals surface area (Å²) < 4.78 is 11.8. The molecule has 1 unspecified atom stereocenters. The van der Waals surface area contributed by atoms with Gasteiger partial charge in [0.15, 0.2) is 5.11 Å². The first-order valence-corrected chi connectivity index (χ1v) is 10.7. The number of carbonyl (C=O) groups excluding carboxylic acids is 1. The third kappa shape index (κ3) is 5.18. The number of hydrogen-bond donors (Lipinski definition) is 2. The van der Waals surface area contributed by atoms with Crippen molar-refractivity contribution in [1.29, 1.82) is 0 Å². The third-order valence-electron chi connectivity index (χ3n) is 4.29. The number of amides is 1. The minimum absolute atomic E-state index is 0.153. The van der Waals surface area contributed by atoms with Crippen molar-refractivity contribution in [1.82, 2.24) is 5.32 Å². The lowest BCUT2D eigenvalue weighted by atomic mass is 10.2. The fourth-order valence-electron chi connectivity index (χ4n) is 2.57. The van der Waals surface area contributed by atoms with E-state index in [1.54, 1.807) is 7.11 Å². The summed E-state index contributed by atoms with van der Waals surface area (Å²) in [5.74, 6) is 1.14. The number of anilines is 1. The van der Waals surface area contributed by atoms with E-state index < -0.39 is 0 Å². The van der Waals surface area contributed by atoms with Crippen molar-refractivity contribution in [2.75, 3.05) is 12.4 Å². The predicted molar refractivity (Wildman–Crippen MR) is 124 cm³/mol. The highest BCUT2D eigenvalue weighted by Crippen LogP contribution is 2.37. The van der Waals surface area contributed by atoms with Crippen LogP contribution in [0.4, 0.5) is 5.69 Å². The number of nitrogens with one attached hydrogen (secondary N) is 2. The predicted octanol–water partition coefficient (Wildman–Crippen LogP) is 5.87. The van der Waals surface area contributed by atoms with Crippen molar-refractivity contribution in [3.05, 3.63) is 52.4 Å². The Morgan fingerprint density at radius 3 is 2.55 bits per heavy atom. The molecule has 0 spiro atoms. The van der Waals surface area contributed by atoms with Gasteiger partial charge >= 0.3 is 0 Å². The Labute approximate surface area is 184 Å². The number of ether oxygens (including phenoxy) is 2. The smallest absolute Gasteiger partial charge is 0.269 e. The maximum absolute atomic E-state index is 12.6. The zero-order chi connectivity index (χ0) is 21.0. The average molecular weight is 449 g/mol.